The fourth-order valence-electron chi connectivity index (χ4n) is 2.23. The third kappa shape index (κ3) is 4.68. The van der Waals surface area contributed by atoms with Gasteiger partial charge in [0.2, 0.25) is 5.95 Å². The van der Waals surface area contributed by atoms with Crippen LogP contribution in [0.1, 0.15) is 21.7 Å². The molecule has 26 heavy (non-hydrogen) atoms. The zero-order valence-corrected chi connectivity index (χ0v) is 15.3. The van der Waals surface area contributed by atoms with Crippen LogP contribution >= 0.6 is 23.2 Å². The summed E-state index contributed by atoms with van der Waals surface area (Å²) in [5.41, 5.74) is 2.35. The minimum Gasteiger partial charge on any atom is -0.350 e. The van der Waals surface area contributed by atoms with Gasteiger partial charge in [0.05, 0.1) is 10.7 Å². The lowest BCUT2D eigenvalue weighted by Gasteiger charge is -2.10. The fourth-order valence-corrected chi connectivity index (χ4v) is 2.56. The summed E-state index contributed by atoms with van der Waals surface area (Å²) in [7, 11) is 0. The topological polar surface area (TPSA) is 79.8 Å². The molecule has 6 nitrogen and oxygen atoms in total. The number of pyridine rings is 1. The third-order valence-corrected chi connectivity index (χ3v) is 4.03. The van der Waals surface area contributed by atoms with Gasteiger partial charge in [-0.15, -0.1) is 0 Å². The molecule has 0 saturated heterocycles. The second-order valence-electron chi connectivity index (χ2n) is 5.51. The molecule has 1 amide bonds. The van der Waals surface area contributed by atoms with Crippen LogP contribution in [0.5, 0.6) is 0 Å². The highest BCUT2D eigenvalue weighted by atomic mass is 35.5. The lowest BCUT2D eigenvalue weighted by atomic mass is 10.2. The van der Waals surface area contributed by atoms with E-state index in [0.29, 0.717) is 33.9 Å². The molecular weight excluding hydrogens is 373 g/mol. The maximum atomic E-state index is 12.5. The summed E-state index contributed by atoms with van der Waals surface area (Å²) in [6.07, 6.45) is 3.42. The van der Waals surface area contributed by atoms with Crippen molar-refractivity contribution in [1.82, 2.24) is 15.0 Å². The van der Waals surface area contributed by atoms with Gasteiger partial charge in [-0.25, -0.2) is 9.97 Å². The Balaban J connectivity index is 1.76. The Morgan fingerprint density at radius 1 is 1.08 bits per heavy atom. The van der Waals surface area contributed by atoms with E-state index in [-0.39, 0.29) is 5.69 Å². The van der Waals surface area contributed by atoms with Gasteiger partial charge in [-0.3, -0.25) is 9.78 Å². The van der Waals surface area contributed by atoms with Gasteiger partial charge in [0, 0.05) is 29.7 Å². The quantitative estimate of drug-likeness (QED) is 0.679. The highest BCUT2D eigenvalue weighted by Crippen LogP contribution is 2.25. The van der Waals surface area contributed by atoms with Gasteiger partial charge in [-0.2, -0.15) is 0 Å². The Bertz CT molecular complexity index is 934. The molecule has 0 unspecified atom stereocenters. The number of nitrogens with one attached hydrogen (secondary N) is 2. The number of hydrogen-bond donors (Lipinski definition) is 2. The number of anilines is 2. The van der Waals surface area contributed by atoms with Crippen LogP contribution in [-0.2, 0) is 6.54 Å². The molecule has 0 aliphatic rings. The van der Waals surface area contributed by atoms with Crippen LogP contribution < -0.4 is 10.6 Å². The number of nitrogens with zero attached hydrogens (tertiary/aromatic N) is 3. The van der Waals surface area contributed by atoms with Gasteiger partial charge in [-0.1, -0.05) is 23.2 Å². The molecule has 0 fully saturated rings. The van der Waals surface area contributed by atoms with Gasteiger partial charge in [0.25, 0.3) is 5.91 Å². The molecule has 2 aromatic heterocycles. The van der Waals surface area contributed by atoms with Gasteiger partial charge in [0.1, 0.15) is 5.69 Å². The van der Waals surface area contributed by atoms with Crippen LogP contribution in [0.3, 0.4) is 0 Å². The summed E-state index contributed by atoms with van der Waals surface area (Å²) in [5.74, 6) is -0.0317. The average molecular weight is 388 g/mol. The highest BCUT2D eigenvalue weighted by Gasteiger charge is 2.13. The van der Waals surface area contributed by atoms with Crippen LogP contribution in [-0.4, -0.2) is 20.9 Å². The van der Waals surface area contributed by atoms with Gasteiger partial charge >= 0.3 is 0 Å². The van der Waals surface area contributed by atoms with E-state index in [1.54, 1.807) is 43.6 Å². The Morgan fingerprint density at radius 3 is 2.62 bits per heavy atom. The summed E-state index contributed by atoms with van der Waals surface area (Å²) in [6, 6.07) is 10.2. The molecular formula is C18H15Cl2N5O. The number of carbonyl (C=O) groups is 1. The van der Waals surface area contributed by atoms with Crippen molar-refractivity contribution in [3.8, 4) is 0 Å². The first-order chi connectivity index (χ1) is 12.5. The Hall–Kier alpha value is -2.70. The van der Waals surface area contributed by atoms with Crippen LogP contribution in [0.25, 0.3) is 0 Å². The van der Waals surface area contributed by atoms with Crippen LogP contribution in [0.4, 0.5) is 11.6 Å². The standard InChI is InChI=1S/C18H15Cl2N5O/c1-11-8-16(17(26)24-15-9-13(19)2-3-14(15)20)25-18(23-11)22-10-12-4-6-21-7-5-12/h2-9H,10H2,1H3,(H,24,26)(H,22,23,25). The molecule has 0 bridgehead atoms. The fraction of sp³-hybridized carbons (Fsp3) is 0.111. The maximum absolute atomic E-state index is 12.5. The SMILES string of the molecule is Cc1cc(C(=O)Nc2cc(Cl)ccc2Cl)nc(NCc2ccncc2)n1. The van der Waals surface area contributed by atoms with E-state index >= 15 is 0 Å². The number of rotatable bonds is 5. The van der Waals surface area contributed by atoms with Crippen molar-refractivity contribution >= 4 is 40.7 Å². The molecule has 2 N–H and O–H groups in total. The normalized spacial score (nSPS) is 10.4. The largest absolute Gasteiger partial charge is 0.350 e. The Morgan fingerprint density at radius 2 is 1.85 bits per heavy atom. The molecule has 2 heterocycles. The van der Waals surface area contributed by atoms with Crippen molar-refractivity contribution in [1.29, 1.82) is 0 Å². The summed E-state index contributed by atoms with van der Waals surface area (Å²) in [5, 5.41) is 6.69. The number of aromatic nitrogens is 3. The molecule has 0 aliphatic carbocycles. The first-order valence-corrected chi connectivity index (χ1v) is 8.52. The molecule has 3 aromatic rings. The van der Waals surface area contributed by atoms with E-state index in [1.165, 1.54) is 0 Å². The predicted molar refractivity (Wildman–Crippen MR) is 103 cm³/mol. The van der Waals surface area contributed by atoms with Gasteiger partial charge in [0.15, 0.2) is 0 Å². The zero-order chi connectivity index (χ0) is 18.5. The van der Waals surface area contributed by atoms with Crippen molar-refractivity contribution < 1.29 is 4.79 Å². The summed E-state index contributed by atoms with van der Waals surface area (Å²) < 4.78 is 0. The number of aryl methyl sites for hydroxylation is 1. The number of amides is 1. The molecule has 0 aliphatic heterocycles. The Kier molecular flexibility index (Phi) is 5.65. The molecule has 1 aromatic carbocycles. The minimum absolute atomic E-state index is 0.228. The van der Waals surface area contributed by atoms with Gasteiger partial charge < -0.3 is 10.6 Å². The zero-order valence-electron chi connectivity index (χ0n) is 13.8. The summed E-state index contributed by atoms with van der Waals surface area (Å²) in [6.45, 7) is 2.32. The van der Waals surface area contributed by atoms with E-state index in [0.717, 1.165) is 5.56 Å². The van der Waals surface area contributed by atoms with E-state index in [9.17, 15) is 4.79 Å². The first kappa shape index (κ1) is 18.1. The summed E-state index contributed by atoms with van der Waals surface area (Å²) in [4.78, 5) is 25.1. The van der Waals surface area contributed by atoms with Crippen molar-refractivity contribution in [2.45, 2.75) is 13.5 Å². The minimum atomic E-state index is -0.397. The molecule has 0 radical (unpaired) electrons. The smallest absolute Gasteiger partial charge is 0.274 e. The predicted octanol–water partition coefficient (Wildman–Crippen LogP) is 4.35. The van der Waals surface area contributed by atoms with Crippen molar-refractivity contribution in [3.63, 3.8) is 0 Å². The first-order valence-electron chi connectivity index (χ1n) is 7.76. The van der Waals surface area contributed by atoms with E-state index < -0.39 is 5.91 Å². The molecule has 0 saturated carbocycles. The molecule has 132 valence electrons. The summed E-state index contributed by atoms with van der Waals surface area (Å²) >= 11 is 12.0. The molecule has 3 rings (SSSR count). The maximum Gasteiger partial charge on any atom is 0.274 e. The van der Waals surface area contributed by atoms with Crippen molar-refractivity contribution in [2.24, 2.45) is 0 Å². The molecule has 8 heteroatoms. The van der Waals surface area contributed by atoms with E-state index in [2.05, 4.69) is 25.6 Å². The highest BCUT2D eigenvalue weighted by molar-refractivity contribution is 6.35. The lowest BCUT2D eigenvalue weighted by molar-refractivity contribution is 0.102. The molecule has 0 spiro atoms. The third-order valence-electron chi connectivity index (χ3n) is 3.46. The van der Waals surface area contributed by atoms with E-state index in [1.807, 2.05) is 12.1 Å². The van der Waals surface area contributed by atoms with Crippen LogP contribution in [0.15, 0.2) is 48.8 Å². The monoisotopic (exact) mass is 387 g/mol. The number of benzene rings is 1. The van der Waals surface area contributed by atoms with Crippen molar-refractivity contribution in [3.05, 3.63) is 75.8 Å². The second kappa shape index (κ2) is 8.12. The number of halogens is 2. The van der Waals surface area contributed by atoms with Gasteiger partial charge in [-0.05, 0) is 48.9 Å². The van der Waals surface area contributed by atoms with Crippen LogP contribution in [0, 0.1) is 6.92 Å². The Labute approximate surface area is 160 Å². The second-order valence-corrected chi connectivity index (χ2v) is 6.35. The number of hydrogen-bond acceptors (Lipinski definition) is 5. The average Bonchev–Trinajstić information content (AvgIpc) is 2.63. The lowest BCUT2D eigenvalue weighted by Crippen LogP contribution is -2.16. The number of carbonyl (C=O) groups excluding carboxylic acids is 1. The van der Waals surface area contributed by atoms with Crippen molar-refractivity contribution in [2.75, 3.05) is 10.6 Å². The van der Waals surface area contributed by atoms with E-state index in [4.69, 9.17) is 23.2 Å². The molecule has 0 atom stereocenters. The van der Waals surface area contributed by atoms with Crippen LogP contribution in [0.2, 0.25) is 10.0 Å².